The molecule has 1 aromatic rings. The van der Waals surface area contributed by atoms with Gasteiger partial charge in [-0.05, 0) is 12.8 Å². The molecule has 1 aliphatic rings. The highest BCUT2D eigenvalue weighted by atomic mass is 32.2. The SMILES string of the molecule is NC(=O)CCSc1nnc(C2CC2)n1CCC(N)=O. The Morgan fingerprint density at radius 3 is 2.47 bits per heavy atom. The minimum atomic E-state index is -0.344. The Hall–Kier alpha value is -1.57. The van der Waals surface area contributed by atoms with Crippen molar-refractivity contribution >= 4 is 23.6 Å². The Bertz CT molecular complexity index is 483. The fourth-order valence-corrected chi connectivity index (χ4v) is 2.65. The summed E-state index contributed by atoms with van der Waals surface area (Å²) in [5.74, 6) is 1.25. The maximum absolute atomic E-state index is 10.9. The van der Waals surface area contributed by atoms with Gasteiger partial charge in [0.05, 0.1) is 0 Å². The standard InChI is InChI=1S/C11H17N5O2S/c12-8(17)3-5-16-10(7-1-2-7)14-15-11(16)19-6-4-9(13)18/h7H,1-6H2,(H2,12,17)(H2,13,18). The van der Waals surface area contributed by atoms with Crippen molar-refractivity contribution in [3.8, 4) is 0 Å². The molecular weight excluding hydrogens is 266 g/mol. The van der Waals surface area contributed by atoms with Gasteiger partial charge in [-0.1, -0.05) is 11.8 Å². The van der Waals surface area contributed by atoms with E-state index >= 15 is 0 Å². The first-order chi connectivity index (χ1) is 9.08. The first-order valence-corrected chi connectivity index (χ1v) is 7.19. The van der Waals surface area contributed by atoms with Crippen LogP contribution in [0.4, 0.5) is 0 Å². The Morgan fingerprint density at radius 2 is 1.89 bits per heavy atom. The maximum Gasteiger partial charge on any atom is 0.219 e. The molecule has 1 aromatic heterocycles. The summed E-state index contributed by atoms with van der Waals surface area (Å²) >= 11 is 1.43. The fourth-order valence-electron chi connectivity index (χ4n) is 1.73. The van der Waals surface area contributed by atoms with Gasteiger partial charge in [0, 0.05) is 31.1 Å². The Labute approximate surface area is 115 Å². The van der Waals surface area contributed by atoms with Crippen LogP contribution in [0.25, 0.3) is 0 Å². The largest absolute Gasteiger partial charge is 0.370 e. The van der Waals surface area contributed by atoms with E-state index in [0.717, 1.165) is 23.8 Å². The second-order valence-electron chi connectivity index (χ2n) is 4.55. The first kappa shape index (κ1) is 13.9. The van der Waals surface area contributed by atoms with E-state index in [-0.39, 0.29) is 18.2 Å². The van der Waals surface area contributed by atoms with Crippen LogP contribution in [0.1, 0.15) is 37.4 Å². The molecule has 0 unspecified atom stereocenters. The molecule has 0 atom stereocenters. The molecule has 0 aliphatic heterocycles. The highest BCUT2D eigenvalue weighted by molar-refractivity contribution is 7.99. The zero-order valence-corrected chi connectivity index (χ0v) is 11.4. The minimum absolute atomic E-state index is 0.265. The monoisotopic (exact) mass is 283 g/mol. The number of carbonyl (C=O) groups is 2. The van der Waals surface area contributed by atoms with Crippen LogP contribution in [0, 0.1) is 0 Å². The van der Waals surface area contributed by atoms with E-state index < -0.39 is 0 Å². The van der Waals surface area contributed by atoms with E-state index in [1.54, 1.807) is 0 Å². The van der Waals surface area contributed by atoms with Crippen molar-refractivity contribution in [3.05, 3.63) is 5.82 Å². The van der Waals surface area contributed by atoms with E-state index in [4.69, 9.17) is 11.5 Å². The molecular formula is C11H17N5O2S. The van der Waals surface area contributed by atoms with Crippen molar-refractivity contribution in [1.82, 2.24) is 14.8 Å². The average molecular weight is 283 g/mol. The third-order valence-electron chi connectivity index (χ3n) is 2.85. The number of hydrogen-bond acceptors (Lipinski definition) is 5. The molecule has 1 saturated carbocycles. The molecule has 0 radical (unpaired) electrons. The van der Waals surface area contributed by atoms with E-state index in [2.05, 4.69) is 10.2 Å². The van der Waals surface area contributed by atoms with Gasteiger partial charge >= 0.3 is 0 Å². The topological polar surface area (TPSA) is 117 Å². The normalized spacial score (nSPS) is 14.5. The number of thioether (sulfide) groups is 1. The van der Waals surface area contributed by atoms with Gasteiger partial charge in [-0.2, -0.15) is 0 Å². The summed E-state index contributed by atoms with van der Waals surface area (Å²) in [6.45, 7) is 0.493. The summed E-state index contributed by atoms with van der Waals surface area (Å²) in [6, 6.07) is 0. The molecule has 0 saturated heterocycles. The third kappa shape index (κ3) is 3.95. The molecule has 104 valence electrons. The van der Waals surface area contributed by atoms with Crippen LogP contribution >= 0.6 is 11.8 Å². The Morgan fingerprint density at radius 1 is 1.21 bits per heavy atom. The molecule has 1 fully saturated rings. The number of primary amides is 2. The smallest absolute Gasteiger partial charge is 0.219 e. The number of carbonyl (C=O) groups excluding carboxylic acids is 2. The molecule has 4 N–H and O–H groups in total. The first-order valence-electron chi connectivity index (χ1n) is 6.20. The summed E-state index contributed by atoms with van der Waals surface area (Å²) in [5.41, 5.74) is 10.3. The van der Waals surface area contributed by atoms with Crippen molar-refractivity contribution in [2.45, 2.75) is 43.3 Å². The lowest BCUT2D eigenvalue weighted by Gasteiger charge is -2.08. The van der Waals surface area contributed by atoms with Gasteiger partial charge in [0.1, 0.15) is 5.82 Å². The molecule has 2 amide bonds. The number of nitrogens with two attached hydrogens (primary N) is 2. The molecule has 8 heteroatoms. The van der Waals surface area contributed by atoms with Crippen LogP contribution in [0.3, 0.4) is 0 Å². The average Bonchev–Trinajstić information content (AvgIpc) is 3.09. The predicted molar refractivity (Wildman–Crippen MR) is 70.3 cm³/mol. The lowest BCUT2D eigenvalue weighted by atomic mass is 10.3. The second kappa shape index (κ2) is 6.05. The van der Waals surface area contributed by atoms with Crippen molar-refractivity contribution in [2.75, 3.05) is 5.75 Å². The highest BCUT2D eigenvalue weighted by Gasteiger charge is 2.30. The quantitative estimate of drug-likeness (QED) is 0.651. The van der Waals surface area contributed by atoms with Gasteiger partial charge in [-0.25, -0.2) is 0 Å². The molecule has 1 aliphatic carbocycles. The van der Waals surface area contributed by atoms with Crippen molar-refractivity contribution in [3.63, 3.8) is 0 Å². The van der Waals surface area contributed by atoms with Crippen LogP contribution in [0.2, 0.25) is 0 Å². The van der Waals surface area contributed by atoms with E-state index in [9.17, 15) is 9.59 Å². The summed E-state index contributed by atoms with van der Waals surface area (Å²) in [5, 5.41) is 9.03. The zero-order valence-electron chi connectivity index (χ0n) is 10.5. The molecule has 1 heterocycles. The summed E-state index contributed by atoms with van der Waals surface area (Å²) in [4.78, 5) is 21.6. The summed E-state index contributed by atoms with van der Waals surface area (Å²) < 4.78 is 1.94. The fraction of sp³-hybridized carbons (Fsp3) is 0.636. The minimum Gasteiger partial charge on any atom is -0.370 e. The third-order valence-corrected chi connectivity index (χ3v) is 3.82. The number of nitrogens with zero attached hydrogens (tertiary/aromatic N) is 3. The van der Waals surface area contributed by atoms with Crippen LogP contribution in [0.5, 0.6) is 0 Å². The molecule has 2 rings (SSSR count). The maximum atomic E-state index is 10.9. The van der Waals surface area contributed by atoms with Gasteiger partial charge in [-0.3, -0.25) is 9.59 Å². The van der Waals surface area contributed by atoms with Gasteiger partial charge in [0.15, 0.2) is 5.16 Å². The molecule has 0 bridgehead atoms. The Balaban J connectivity index is 2.03. The van der Waals surface area contributed by atoms with Gasteiger partial charge < -0.3 is 16.0 Å². The van der Waals surface area contributed by atoms with Crippen LogP contribution in [-0.4, -0.2) is 32.3 Å². The number of amides is 2. The van der Waals surface area contributed by atoms with Gasteiger partial charge in [0.25, 0.3) is 0 Å². The molecule has 7 nitrogen and oxygen atoms in total. The zero-order chi connectivity index (χ0) is 13.8. The molecule has 0 aromatic carbocycles. The summed E-state index contributed by atoms with van der Waals surface area (Å²) in [7, 11) is 0. The predicted octanol–water partition coefficient (Wildman–Crippen LogP) is -0.00160. The van der Waals surface area contributed by atoms with Crippen molar-refractivity contribution in [1.29, 1.82) is 0 Å². The second-order valence-corrected chi connectivity index (χ2v) is 5.61. The van der Waals surface area contributed by atoms with Gasteiger partial charge in [0.2, 0.25) is 11.8 Å². The lowest BCUT2D eigenvalue weighted by molar-refractivity contribution is -0.118. The molecule has 19 heavy (non-hydrogen) atoms. The van der Waals surface area contributed by atoms with E-state index in [0.29, 0.717) is 24.6 Å². The number of rotatable bonds is 8. The number of hydrogen-bond donors (Lipinski definition) is 2. The van der Waals surface area contributed by atoms with Crippen LogP contribution in [-0.2, 0) is 16.1 Å². The molecule has 0 spiro atoms. The Kier molecular flexibility index (Phi) is 4.41. The summed E-state index contributed by atoms with van der Waals surface area (Å²) in [6.07, 6.45) is 2.79. The lowest BCUT2D eigenvalue weighted by Crippen LogP contribution is -2.16. The highest BCUT2D eigenvalue weighted by Crippen LogP contribution is 2.40. The van der Waals surface area contributed by atoms with E-state index in [1.165, 1.54) is 11.8 Å². The van der Waals surface area contributed by atoms with Crippen molar-refractivity contribution < 1.29 is 9.59 Å². The number of aromatic nitrogens is 3. The van der Waals surface area contributed by atoms with Gasteiger partial charge in [-0.15, -0.1) is 10.2 Å². The van der Waals surface area contributed by atoms with Crippen LogP contribution < -0.4 is 11.5 Å². The van der Waals surface area contributed by atoms with Crippen molar-refractivity contribution in [2.24, 2.45) is 11.5 Å². The van der Waals surface area contributed by atoms with E-state index in [1.807, 2.05) is 4.57 Å². The van der Waals surface area contributed by atoms with Crippen LogP contribution in [0.15, 0.2) is 5.16 Å².